The summed E-state index contributed by atoms with van der Waals surface area (Å²) >= 11 is 4.02. The second-order valence-electron chi connectivity index (χ2n) is 7.96. The van der Waals surface area contributed by atoms with E-state index in [0.717, 1.165) is 11.1 Å². The second kappa shape index (κ2) is 16.4. The van der Waals surface area contributed by atoms with Crippen molar-refractivity contribution in [3.05, 3.63) is 33.1 Å². The Balaban J connectivity index is 2.53. The summed E-state index contributed by atoms with van der Waals surface area (Å²) in [5.74, 6) is 2.59. The molecule has 1 aliphatic rings. The average Bonchev–Trinajstić information content (AvgIpc) is 2.68. The number of hydrogen-bond donors (Lipinski definition) is 0. The monoisotopic (exact) mass is 422 g/mol. The third-order valence-electron chi connectivity index (χ3n) is 5.16. The minimum atomic E-state index is 0.199. The maximum atomic E-state index is 12.1. The van der Waals surface area contributed by atoms with E-state index in [1.165, 1.54) is 98.4 Å². The van der Waals surface area contributed by atoms with Gasteiger partial charge in [-0.2, -0.15) is 0 Å². The maximum Gasteiger partial charge on any atom is 0.184 e. The summed E-state index contributed by atoms with van der Waals surface area (Å²) in [6, 6.07) is 0. The van der Waals surface area contributed by atoms with E-state index in [1.807, 2.05) is 37.4 Å². The fourth-order valence-corrected chi connectivity index (χ4v) is 5.84. The third kappa shape index (κ3) is 11.0. The summed E-state index contributed by atoms with van der Waals surface area (Å²) in [6.45, 7) is 8.45. The number of allylic oxidation sites excluding steroid dienone is 5. The molecule has 0 atom stereocenters. The lowest BCUT2D eigenvalue weighted by molar-refractivity contribution is -0.112. The predicted octanol–water partition coefficient (Wildman–Crippen LogP) is 8.86. The Morgan fingerprint density at radius 2 is 1.07 bits per heavy atom. The van der Waals surface area contributed by atoms with Crippen LogP contribution in [0.3, 0.4) is 0 Å². The summed E-state index contributed by atoms with van der Waals surface area (Å²) in [6.07, 6.45) is 20.4. The lowest BCUT2D eigenvalue weighted by Crippen LogP contribution is -2.06. The molecule has 0 aromatic carbocycles. The molecule has 0 saturated heterocycles. The lowest BCUT2D eigenvalue weighted by Gasteiger charge is -2.15. The van der Waals surface area contributed by atoms with Crippen molar-refractivity contribution >= 4 is 29.3 Å². The molecule has 3 heteroatoms. The molecule has 0 aliphatic heterocycles. The summed E-state index contributed by atoms with van der Waals surface area (Å²) in [7, 11) is 0. The Kier molecular flexibility index (Phi) is 15.0. The number of rotatable bonds is 16. The summed E-state index contributed by atoms with van der Waals surface area (Å²) in [4.78, 5) is 12.1. The van der Waals surface area contributed by atoms with Crippen molar-refractivity contribution in [1.82, 2.24) is 0 Å². The maximum absolute atomic E-state index is 12.1. The van der Waals surface area contributed by atoms with E-state index in [2.05, 4.69) is 26.0 Å². The highest BCUT2D eigenvalue weighted by molar-refractivity contribution is 8.22. The number of unbranched alkanes of at least 4 members (excludes halogenated alkanes) is 10. The molecule has 160 valence electrons. The van der Waals surface area contributed by atoms with E-state index >= 15 is 0 Å². The lowest BCUT2D eigenvalue weighted by atomic mass is 9.97. The van der Waals surface area contributed by atoms with Gasteiger partial charge in [-0.3, -0.25) is 4.79 Å². The molecule has 1 rings (SSSR count). The van der Waals surface area contributed by atoms with Crippen molar-refractivity contribution in [2.24, 2.45) is 0 Å². The Labute approximate surface area is 183 Å². The van der Waals surface area contributed by atoms with Crippen molar-refractivity contribution in [3.63, 3.8) is 0 Å². The highest BCUT2D eigenvalue weighted by Gasteiger charge is 2.16. The van der Waals surface area contributed by atoms with Crippen molar-refractivity contribution in [3.8, 4) is 0 Å². The van der Waals surface area contributed by atoms with Gasteiger partial charge in [0.1, 0.15) is 0 Å². The molecule has 28 heavy (non-hydrogen) atoms. The minimum absolute atomic E-state index is 0.199. The molecule has 1 aliphatic carbocycles. The highest BCUT2D eigenvalue weighted by Crippen LogP contribution is 2.36. The zero-order chi connectivity index (χ0) is 20.6. The van der Waals surface area contributed by atoms with Crippen LogP contribution in [0.2, 0.25) is 0 Å². The molecule has 0 radical (unpaired) electrons. The summed E-state index contributed by atoms with van der Waals surface area (Å²) in [5, 5.41) is 0. The van der Waals surface area contributed by atoms with Crippen LogP contribution < -0.4 is 0 Å². The largest absolute Gasteiger partial charge is 0.289 e. The SMILES string of the molecule is CCCCCCCCSC(SCCCCCCCC)=C1C=C(C)C(=O)C(C)=C1. The molecular formula is C25H42OS2. The molecule has 0 fully saturated rings. The first-order valence-corrected chi connectivity index (χ1v) is 13.5. The molecule has 0 amide bonds. The van der Waals surface area contributed by atoms with Crippen LogP contribution in [0.4, 0.5) is 0 Å². The van der Waals surface area contributed by atoms with Gasteiger partial charge in [0.2, 0.25) is 0 Å². The number of hydrogen-bond acceptors (Lipinski definition) is 3. The normalized spacial score (nSPS) is 14.3. The Morgan fingerprint density at radius 1 is 0.679 bits per heavy atom. The molecule has 0 aromatic rings. The Bertz CT molecular complexity index is 499. The highest BCUT2D eigenvalue weighted by atomic mass is 32.2. The van der Waals surface area contributed by atoms with Gasteiger partial charge in [-0.25, -0.2) is 0 Å². The van der Waals surface area contributed by atoms with Crippen molar-refractivity contribution < 1.29 is 4.79 Å². The number of carbonyl (C=O) groups is 1. The van der Waals surface area contributed by atoms with Crippen LogP contribution >= 0.6 is 23.5 Å². The number of ketones is 1. The van der Waals surface area contributed by atoms with E-state index in [9.17, 15) is 4.79 Å². The fourth-order valence-electron chi connectivity index (χ4n) is 3.37. The van der Waals surface area contributed by atoms with Crippen molar-refractivity contribution in [2.45, 2.75) is 105 Å². The van der Waals surface area contributed by atoms with Crippen molar-refractivity contribution in [2.75, 3.05) is 11.5 Å². The number of Topliss-reactive ketones (excluding diaryl/α,β-unsaturated/α-hetero) is 1. The standard InChI is InChI=1S/C25H42OS2/c1-5-7-9-11-13-15-17-27-25(28-18-16-14-12-10-8-6-2)23-19-21(3)24(26)22(4)20-23/h19-20H,5-18H2,1-4H3. The molecule has 0 unspecified atom stereocenters. The van der Waals surface area contributed by atoms with Gasteiger partial charge in [0, 0.05) is 4.24 Å². The summed E-state index contributed by atoms with van der Waals surface area (Å²) < 4.78 is 1.42. The fraction of sp³-hybridized carbons (Fsp3) is 0.720. The molecule has 0 bridgehead atoms. The molecular weight excluding hydrogens is 380 g/mol. The minimum Gasteiger partial charge on any atom is -0.289 e. The number of thioether (sulfide) groups is 2. The van der Waals surface area contributed by atoms with Gasteiger partial charge in [0.15, 0.2) is 5.78 Å². The third-order valence-corrected chi connectivity index (χ3v) is 7.85. The zero-order valence-corrected chi connectivity index (χ0v) is 20.4. The molecule has 0 spiro atoms. The van der Waals surface area contributed by atoms with E-state index in [-0.39, 0.29) is 5.78 Å². The van der Waals surface area contributed by atoms with Gasteiger partial charge >= 0.3 is 0 Å². The van der Waals surface area contributed by atoms with E-state index in [4.69, 9.17) is 0 Å². The van der Waals surface area contributed by atoms with Crippen LogP contribution in [0, 0.1) is 0 Å². The first-order chi connectivity index (χ1) is 13.6. The zero-order valence-electron chi connectivity index (χ0n) is 18.8. The first kappa shape index (κ1) is 25.6. The number of carbonyl (C=O) groups excluding carboxylic acids is 1. The molecule has 0 heterocycles. The molecule has 0 N–H and O–H groups in total. The van der Waals surface area contributed by atoms with Crippen molar-refractivity contribution in [1.29, 1.82) is 0 Å². The van der Waals surface area contributed by atoms with E-state index in [1.54, 1.807) is 0 Å². The van der Waals surface area contributed by atoms with Crippen LogP contribution in [-0.2, 0) is 4.79 Å². The van der Waals surface area contributed by atoms with Gasteiger partial charge in [0.25, 0.3) is 0 Å². The Hall–Kier alpha value is -0.410. The second-order valence-corrected chi connectivity index (χ2v) is 10.4. The van der Waals surface area contributed by atoms with Gasteiger partial charge in [0.05, 0.1) is 0 Å². The topological polar surface area (TPSA) is 17.1 Å². The van der Waals surface area contributed by atoms with Gasteiger partial charge in [-0.1, -0.05) is 78.1 Å². The van der Waals surface area contributed by atoms with Gasteiger partial charge in [-0.15, -0.1) is 23.5 Å². The van der Waals surface area contributed by atoms with E-state index < -0.39 is 0 Å². The van der Waals surface area contributed by atoms with Gasteiger partial charge < -0.3 is 0 Å². The quantitative estimate of drug-likeness (QED) is 0.231. The average molecular weight is 423 g/mol. The summed E-state index contributed by atoms with van der Waals surface area (Å²) in [5.41, 5.74) is 3.03. The molecule has 0 saturated carbocycles. The molecule has 0 aromatic heterocycles. The van der Waals surface area contributed by atoms with Crippen LogP contribution in [-0.4, -0.2) is 17.3 Å². The van der Waals surface area contributed by atoms with Gasteiger partial charge in [-0.05, 0) is 67.1 Å². The molecule has 1 nitrogen and oxygen atoms in total. The smallest absolute Gasteiger partial charge is 0.184 e. The Morgan fingerprint density at radius 3 is 1.50 bits per heavy atom. The van der Waals surface area contributed by atoms with Crippen LogP contribution in [0.1, 0.15) is 105 Å². The van der Waals surface area contributed by atoms with Crippen LogP contribution in [0.25, 0.3) is 0 Å². The first-order valence-electron chi connectivity index (χ1n) is 11.5. The van der Waals surface area contributed by atoms with Crippen LogP contribution in [0.15, 0.2) is 33.1 Å². The van der Waals surface area contributed by atoms with Crippen LogP contribution in [0.5, 0.6) is 0 Å². The predicted molar refractivity (Wildman–Crippen MR) is 131 cm³/mol. The van der Waals surface area contributed by atoms with E-state index in [0.29, 0.717) is 0 Å².